The number of carbonyl (C=O) groups excluding carboxylic acids is 4. The Labute approximate surface area is 613 Å². The fourth-order valence-corrected chi connectivity index (χ4v) is 14.1. The Hall–Kier alpha value is -1.94. The number of esters is 4. The van der Waals surface area contributed by atoms with Gasteiger partial charge in [-0.2, -0.15) is 0 Å². The first kappa shape index (κ1) is 98.1. The minimum atomic E-state index is -4.96. The number of rotatable bonds is 79. The number of carbonyl (C=O) groups is 4. The summed E-state index contributed by atoms with van der Waals surface area (Å²) in [6.45, 7) is 11.9. The molecule has 0 saturated carbocycles. The van der Waals surface area contributed by atoms with Gasteiger partial charge in [-0.3, -0.25) is 37.3 Å². The first-order chi connectivity index (χ1) is 48.2. The monoisotopic (exact) mass is 1470 g/mol. The van der Waals surface area contributed by atoms with Crippen molar-refractivity contribution in [1.82, 2.24) is 0 Å². The fraction of sp³-hybridized carbons (Fsp3) is 0.951. The van der Waals surface area contributed by atoms with Crippen molar-refractivity contribution < 1.29 is 80.2 Å². The molecule has 0 aromatic carbocycles. The second-order valence-corrected chi connectivity index (χ2v) is 33.5. The number of hydrogen-bond donors (Lipinski definition) is 3. The van der Waals surface area contributed by atoms with Crippen LogP contribution in [0, 0.1) is 17.8 Å². The molecule has 0 aromatic rings. The van der Waals surface area contributed by atoms with E-state index in [2.05, 4.69) is 48.5 Å². The summed E-state index contributed by atoms with van der Waals surface area (Å²) in [5.41, 5.74) is 0. The molecule has 0 aromatic heterocycles. The normalized spacial score (nSPS) is 14.0. The Bertz CT molecular complexity index is 1940. The van der Waals surface area contributed by atoms with E-state index in [0.717, 1.165) is 108 Å². The lowest BCUT2D eigenvalue weighted by Gasteiger charge is -2.21. The lowest BCUT2D eigenvalue weighted by Crippen LogP contribution is -2.30. The Morgan fingerprint density at radius 2 is 0.460 bits per heavy atom. The molecule has 0 heterocycles. The lowest BCUT2D eigenvalue weighted by atomic mass is 10.0. The topological polar surface area (TPSA) is 237 Å². The van der Waals surface area contributed by atoms with Crippen molar-refractivity contribution in [2.24, 2.45) is 17.8 Å². The van der Waals surface area contributed by atoms with E-state index in [1.165, 1.54) is 231 Å². The van der Waals surface area contributed by atoms with Crippen LogP contribution in [0.3, 0.4) is 0 Å². The molecule has 19 heteroatoms. The maximum Gasteiger partial charge on any atom is 0.472 e. The van der Waals surface area contributed by atoms with Crippen LogP contribution < -0.4 is 0 Å². The maximum absolute atomic E-state index is 13.1. The van der Waals surface area contributed by atoms with Crippen molar-refractivity contribution in [2.45, 2.75) is 439 Å². The van der Waals surface area contributed by atoms with E-state index in [9.17, 15) is 43.2 Å². The molecule has 0 saturated heterocycles. The third-order valence-corrected chi connectivity index (χ3v) is 20.8. The summed E-state index contributed by atoms with van der Waals surface area (Å²) in [5.74, 6) is 0.147. The molecule has 0 spiro atoms. The van der Waals surface area contributed by atoms with Crippen molar-refractivity contribution in [3.8, 4) is 0 Å². The molecule has 17 nitrogen and oxygen atoms in total. The summed E-state index contributed by atoms with van der Waals surface area (Å²) < 4.78 is 68.7. The standard InChI is InChI=1S/C81H158O17P2/c1-8-9-10-11-12-13-14-15-16-17-18-19-20-21-22-23-28-34-43-50-57-64-80(85)97-76(68-91-78(83)62-55-48-41-33-27-25-24-26-31-38-45-52-59-72(2)3)70-95-99(87,88)93-66-75(82)67-94-100(89,90)96-71-77(69-92-79(84)63-56-49-42-37-36-40-47-54-61-74(6)7)98-81(86)65-58-51-44-35-30-29-32-39-46-53-60-73(4)5/h72-77,82H,8-71H2,1-7H3,(H,87,88)(H,89,90)/t75-,76-,77-/m1/s1. The van der Waals surface area contributed by atoms with E-state index in [-0.39, 0.29) is 25.7 Å². The van der Waals surface area contributed by atoms with Gasteiger partial charge in [-0.1, -0.05) is 370 Å². The summed E-state index contributed by atoms with van der Waals surface area (Å²) in [6.07, 6.45) is 59.8. The minimum absolute atomic E-state index is 0.105. The zero-order valence-electron chi connectivity index (χ0n) is 65.7. The third kappa shape index (κ3) is 74.3. The van der Waals surface area contributed by atoms with Crippen molar-refractivity contribution in [3.05, 3.63) is 0 Å². The van der Waals surface area contributed by atoms with Crippen molar-refractivity contribution in [2.75, 3.05) is 39.6 Å². The maximum atomic E-state index is 13.1. The van der Waals surface area contributed by atoms with Gasteiger partial charge in [0.25, 0.3) is 0 Å². The van der Waals surface area contributed by atoms with Gasteiger partial charge in [0, 0.05) is 25.7 Å². The Balaban J connectivity index is 5.23. The highest BCUT2D eigenvalue weighted by Crippen LogP contribution is 2.45. The van der Waals surface area contributed by atoms with Crippen LogP contribution in [-0.4, -0.2) is 96.7 Å². The molecule has 0 bridgehead atoms. The zero-order chi connectivity index (χ0) is 73.7. The summed E-state index contributed by atoms with van der Waals surface area (Å²) >= 11 is 0. The first-order valence-corrected chi connectivity index (χ1v) is 44.8. The van der Waals surface area contributed by atoms with Gasteiger partial charge in [0.1, 0.15) is 19.3 Å². The first-order valence-electron chi connectivity index (χ1n) is 41.8. The van der Waals surface area contributed by atoms with Crippen LogP contribution in [-0.2, 0) is 65.4 Å². The average molecular weight is 1470 g/mol. The van der Waals surface area contributed by atoms with Gasteiger partial charge in [-0.25, -0.2) is 9.13 Å². The predicted molar refractivity (Wildman–Crippen MR) is 409 cm³/mol. The van der Waals surface area contributed by atoms with Crippen molar-refractivity contribution in [3.63, 3.8) is 0 Å². The van der Waals surface area contributed by atoms with Crippen LogP contribution in [0.2, 0.25) is 0 Å². The Morgan fingerprint density at radius 1 is 0.270 bits per heavy atom. The number of aliphatic hydroxyl groups excluding tert-OH is 1. The second-order valence-electron chi connectivity index (χ2n) is 30.6. The smallest absolute Gasteiger partial charge is 0.462 e. The van der Waals surface area contributed by atoms with Crippen molar-refractivity contribution in [1.29, 1.82) is 0 Å². The highest BCUT2D eigenvalue weighted by atomic mass is 31.2. The summed E-state index contributed by atoms with van der Waals surface area (Å²) in [6, 6.07) is 0. The summed E-state index contributed by atoms with van der Waals surface area (Å²) in [5, 5.41) is 10.6. The fourth-order valence-electron chi connectivity index (χ4n) is 12.5. The highest BCUT2D eigenvalue weighted by Gasteiger charge is 2.30. The molecular weight excluding hydrogens is 1310 g/mol. The van der Waals surface area contributed by atoms with E-state index in [4.69, 9.17) is 37.0 Å². The highest BCUT2D eigenvalue weighted by molar-refractivity contribution is 7.47. The number of aliphatic hydroxyl groups is 1. The number of unbranched alkanes of at least 4 members (excludes halogenated alkanes) is 47. The molecule has 594 valence electrons. The number of phosphoric ester groups is 2. The molecule has 0 amide bonds. The molecule has 3 N–H and O–H groups in total. The zero-order valence-corrected chi connectivity index (χ0v) is 67.5. The van der Waals surface area contributed by atoms with Gasteiger partial charge in [0.2, 0.25) is 0 Å². The van der Waals surface area contributed by atoms with Crippen LogP contribution in [0.15, 0.2) is 0 Å². The molecule has 0 aliphatic rings. The molecule has 0 radical (unpaired) electrons. The van der Waals surface area contributed by atoms with Gasteiger partial charge >= 0.3 is 39.5 Å². The van der Waals surface area contributed by atoms with E-state index in [1.807, 2.05) is 0 Å². The molecule has 0 aliphatic carbocycles. The predicted octanol–water partition coefficient (Wildman–Crippen LogP) is 24.1. The van der Waals surface area contributed by atoms with Gasteiger partial charge in [0.05, 0.1) is 26.4 Å². The van der Waals surface area contributed by atoms with Gasteiger partial charge < -0.3 is 33.8 Å². The van der Waals surface area contributed by atoms with Crippen molar-refractivity contribution >= 4 is 39.5 Å². The molecule has 100 heavy (non-hydrogen) atoms. The SMILES string of the molecule is CCCCCCCCCCCCCCCCCCCCCCCC(=O)O[C@H](COC(=O)CCCCCCCCCCCCCCC(C)C)COP(=O)(O)OC[C@@H](O)COP(=O)(O)OC[C@@H](COC(=O)CCCCCCCCCCC(C)C)OC(=O)CCCCCCCCCCCCC(C)C. The second kappa shape index (κ2) is 71.3. The number of hydrogen-bond acceptors (Lipinski definition) is 15. The van der Waals surface area contributed by atoms with Crippen LogP contribution in [0.4, 0.5) is 0 Å². The molecule has 5 atom stereocenters. The third-order valence-electron chi connectivity index (χ3n) is 18.9. The molecular formula is C81H158O17P2. The van der Waals surface area contributed by atoms with E-state index in [1.54, 1.807) is 0 Å². The van der Waals surface area contributed by atoms with Gasteiger partial charge in [-0.15, -0.1) is 0 Å². The minimum Gasteiger partial charge on any atom is -0.462 e. The lowest BCUT2D eigenvalue weighted by molar-refractivity contribution is -0.161. The Kier molecular flexibility index (Phi) is 69.9. The molecule has 2 unspecified atom stereocenters. The van der Waals surface area contributed by atoms with E-state index in [0.29, 0.717) is 25.7 Å². The molecule has 0 rings (SSSR count). The van der Waals surface area contributed by atoms with Crippen LogP contribution in [0.5, 0.6) is 0 Å². The van der Waals surface area contributed by atoms with E-state index < -0.39 is 97.5 Å². The summed E-state index contributed by atoms with van der Waals surface area (Å²) in [4.78, 5) is 73.0. The summed E-state index contributed by atoms with van der Waals surface area (Å²) in [7, 11) is -9.92. The average Bonchev–Trinajstić information content (AvgIpc) is 0.925. The molecule has 0 aliphatic heterocycles. The number of ether oxygens (including phenoxy) is 4. The van der Waals surface area contributed by atoms with Crippen LogP contribution >= 0.6 is 15.6 Å². The quantitative estimate of drug-likeness (QED) is 0.0222. The number of phosphoric acid groups is 2. The van der Waals surface area contributed by atoms with Crippen LogP contribution in [0.1, 0.15) is 421 Å². The molecule has 0 fully saturated rings. The van der Waals surface area contributed by atoms with E-state index >= 15 is 0 Å². The van der Waals surface area contributed by atoms with Crippen LogP contribution in [0.25, 0.3) is 0 Å². The largest absolute Gasteiger partial charge is 0.472 e. The van der Waals surface area contributed by atoms with Gasteiger partial charge in [0.15, 0.2) is 12.2 Å². The Morgan fingerprint density at radius 3 is 0.680 bits per heavy atom. The van der Waals surface area contributed by atoms with Gasteiger partial charge in [-0.05, 0) is 43.4 Å².